The van der Waals surface area contributed by atoms with Crippen molar-refractivity contribution in [3.63, 3.8) is 0 Å². The molecule has 136 valence electrons. The van der Waals surface area contributed by atoms with Crippen LogP contribution in [0.25, 0.3) is 17.4 Å². The normalized spacial score (nSPS) is 13.8. The quantitative estimate of drug-likeness (QED) is 0.615. The molecule has 1 aliphatic rings. The second-order valence-electron chi connectivity index (χ2n) is 6.34. The maximum absolute atomic E-state index is 13.1. The summed E-state index contributed by atoms with van der Waals surface area (Å²) in [5.74, 6) is 0.270. The molecule has 4 rings (SSSR count). The molecule has 1 aliphatic heterocycles. The lowest BCUT2D eigenvalue weighted by molar-refractivity contribution is -0.126. The topological polar surface area (TPSA) is 46.3 Å². The highest BCUT2D eigenvalue weighted by atomic mass is 35.5. The minimum Gasteiger partial charge on any atom is -0.356 e. The molecule has 0 bridgehead atoms. The standard InChI is InChI=1S/C21H16ClFN2O2/c22-16-6-1-14(2-7-16)3-10-20(26)25-12-11-18-19(13-25)24-27-21(18)15-4-8-17(23)9-5-15/h1-10H,11-13H2/b10-3+. The summed E-state index contributed by atoms with van der Waals surface area (Å²) in [6, 6.07) is 13.4. The monoisotopic (exact) mass is 382 g/mol. The summed E-state index contributed by atoms with van der Waals surface area (Å²) < 4.78 is 18.6. The van der Waals surface area contributed by atoms with Crippen LogP contribution >= 0.6 is 11.6 Å². The molecule has 4 nitrogen and oxygen atoms in total. The van der Waals surface area contributed by atoms with Gasteiger partial charge in [0.2, 0.25) is 5.91 Å². The molecule has 1 aromatic heterocycles. The van der Waals surface area contributed by atoms with Crippen molar-refractivity contribution in [3.8, 4) is 11.3 Å². The van der Waals surface area contributed by atoms with Crippen molar-refractivity contribution >= 4 is 23.6 Å². The zero-order chi connectivity index (χ0) is 18.8. The first kappa shape index (κ1) is 17.5. The van der Waals surface area contributed by atoms with Crippen LogP contribution in [-0.4, -0.2) is 22.5 Å². The van der Waals surface area contributed by atoms with Gasteiger partial charge in [-0.1, -0.05) is 28.9 Å². The molecule has 3 aromatic rings. The molecular weight excluding hydrogens is 367 g/mol. The highest BCUT2D eigenvalue weighted by Crippen LogP contribution is 2.30. The number of rotatable bonds is 3. The van der Waals surface area contributed by atoms with Crippen molar-refractivity contribution in [2.45, 2.75) is 13.0 Å². The first-order valence-corrected chi connectivity index (χ1v) is 8.94. The van der Waals surface area contributed by atoms with Crippen LogP contribution in [0, 0.1) is 5.82 Å². The lowest BCUT2D eigenvalue weighted by Crippen LogP contribution is -2.34. The molecule has 0 unspecified atom stereocenters. The number of carbonyl (C=O) groups excluding carboxylic acids is 1. The average molecular weight is 383 g/mol. The molecule has 27 heavy (non-hydrogen) atoms. The smallest absolute Gasteiger partial charge is 0.246 e. The molecule has 1 amide bonds. The van der Waals surface area contributed by atoms with E-state index in [2.05, 4.69) is 5.16 Å². The summed E-state index contributed by atoms with van der Waals surface area (Å²) in [4.78, 5) is 14.2. The van der Waals surface area contributed by atoms with Crippen molar-refractivity contribution < 1.29 is 13.7 Å². The zero-order valence-corrected chi connectivity index (χ0v) is 15.1. The van der Waals surface area contributed by atoms with Gasteiger partial charge >= 0.3 is 0 Å². The molecule has 0 fully saturated rings. The maximum Gasteiger partial charge on any atom is 0.246 e. The molecule has 2 heterocycles. The van der Waals surface area contributed by atoms with E-state index in [0.717, 1.165) is 22.4 Å². The Labute approximate surface area is 160 Å². The summed E-state index contributed by atoms with van der Waals surface area (Å²) in [5, 5.41) is 4.77. The zero-order valence-electron chi connectivity index (χ0n) is 14.4. The molecule has 0 spiro atoms. The van der Waals surface area contributed by atoms with Gasteiger partial charge in [-0.25, -0.2) is 4.39 Å². The molecule has 0 atom stereocenters. The van der Waals surface area contributed by atoms with Crippen LogP contribution in [0.5, 0.6) is 0 Å². The highest BCUT2D eigenvalue weighted by molar-refractivity contribution is 6.30. The second-order valence-corrected chi connectivity index (χ2v) is 6.77. The molecule has 0 N–H and O–H groups in total. The predicted molar refractivity (Wildman–Crippen MR) is 102 cm³/mol. The molecule has 0 radical (unpaired) electrons. The third-order valence-electron chi connectivity index (χ3n) is 4.55. The van der Waals surface area contributed by atoms with Gasteiger partial charge in [-0.15, -0.1) is 0 Å². The van der Waals surface area contributed by atoms with Gasteiger partial charge in [-0.3, -0.25) is 4.79 Å². The Morgan fingerprint density at radius 2 is 1.89 bits per heavy atom. The van der Waals surface area contributed by atoms with Gasteiger partial charge < -0.3 is 9.42 Å². The van der Waals surface area contributed by atoms with Crippen LogP contribution in [0.3, 0.4) is 0 Å². The highest BCUT2D eigenvalue weighted by Gasteiger charge is 2.26. The van der Waals surface area contributed by atoms with Gasteiger partial charge in [0.1, 0.15) is 11.5 Å². The van der Waals surface area contributed by atoms with Crippen molar-refractivity contribution in [2.24, 2.45) is 0 Å². The van der Waals surface area contributed by atoms with E-state index < -0.39 is 0 Å². The Morgan fingerprint density at radius 1 is 1.15 bits per heavy atom. The first-order valence-electron chi connectivity index (χ1n) is 8.56. The number of halogens is 2. The Hall–Kier alpha value is -2.92. The minimum atomic E-state index is -0.295. The molecule has 0 aliphatic carbocycles. The van der Waals surface area contributed by atoms with E-state index >= 15 is 0 Å². The fraction of sp³-hybridized carbons (Fsp3) is 0.143. The third-order valence-corrected chi connectivity index (χ3v) is 4.80. The maximum atomic E-state index is 13.1. The molecule has 2 aromatic carbocycles. The summed E-state index contributed by atoms with van der Waals surface area (Å²) in [6.07, 6.45) is 3.96. The van der Waals surface area contributed by atoms with Crippen LogP contribution in [0.15, 0.2) is 59.1 Å². The Kier molecular flexibility index (Phi) is 4.77. The van der Waals surface area contributed by atoms with Crippen LogP contribution in [-0.2, 0) is 17.8 Å². The first-order chi connectivity index (χ1) is 13.1. The third kappa shape index (κ3) is 3.78. The summed E-state index contributed by atoms with van der Waals surface area (Å²) in [6.45, 7) is 0.968. The molecule has 0 saturated heterocycles. The van der Waals surface area contributed by atoms with E-state index in [1.165, 1.54) is 12.1 Å². The van der Waals surface area contributed by atoms with Gasteiger partial charge in [-0.2, -0.15) is 0 Å². The Balaban J connectivity index is 1.48. The number of amides is 1. The van der Waals surface area contributed by atoms with E-state index in [0.29, 0.717) is 30.3 Å². The predicted octanol–water partition coefficient (Wildman–Crippen LogP) is 4.73. The summed E-state index contributed by atoms with van der Waals surface area (Å²) in [7, 11) is 0. The molecular formula is C21H16ClFN2O2. The van der Waals surface area contributed by atoms with Crippen LogP contribution in [0.1, 0.15) is 16.8 Å². The van der Waals surface area contributed by atoms with Gasteiger partial charge in [0.15, 0.2) is 5.76 Å². The number of benzene rings is 2. The van der Waals surface area contributed by atoms with E-state index in [9.17, 15) is 9.18 Å². The summed E-state index contributed by atoms with van der Waals surface area (Å²) >= 11 is 5.86. The minimum absolute atomic E-state index is 0.0815. The van der Waals surface area contributed by atoms with Crippen LogP contribution in [0.2, 0.25) is 5.02 Å². The fourth-order valence-electron chi connectivity index (χ4n) is 3.09. The number of nitrogens with zero attached hydrogens (tertiary/aromatic N) is 2. The number of hydrogen-bond acceptors (Lipinski definition) is 3. The summed E-state index contributed by atoms with van der Waals surface area (Å²) in [5.41, 5.74) is 3.42. The average Bonchev–Trinajstić information content (AvgIpc) is 3.11. The lowest BCUT2D eigenvalue weighted by Gasteiger charge is -2.24. The van der Waals surface area contributed by atoms with Gasteiger partial charge in [0.25, 0.3) is 0 Å². The van der Waals surface area contributed by atoms with Crippen molar-refractivity contribution in [1.82, 2.24) is 10.1 Å². The van der Waals surface area contributed by atoms with Crippen molar-refractivity contribution in [2.75, 3.05) is 6.54 Å². The number of carbonyl (C=O) groups is 1. The van der Waals surface area contributed by atoms with E-state index in [4.69, 9.17) is 16.1 Å². The van der Waals surface area contributed by atoms with Crippen molar-refractivity contribution in [3.05, 3.63) is 82.3 Å². The van der Waals surface area contributed by atoms with Gasteiger partial charge in [-0.05, 0) is 54.5 Å². The Bertz CT molecular complexity index is 994. The SMILES string of the molecule is O=C(/C=C/c1ccc(Cl)cc1)N1CCc2c(noc2-c2ccc(F)cc2)C1. The molecule has 6 heteroatoms. The van der Waals surface area contributed by atoms with E-state index in [-0.39, 0.29) is 11.7 Å². The van der Waals surface area contributed by atoms with E-state index in [1.54, 1.807) is 41.3 Å². The fourth-order valence-corrected chi connectivity index (χ4v) is 3.22. The Morgan fingerprint density at radius 3 is 2.63 bits per heavy atom. The van der Waals surface area contributed by atoms with Crippen LogP contribution in [0.4, 0.5) is 4.39 Å². The van der Waals surface area contributed by atoms with Crippen molar-refractivity contribution in [1.29, 1.82) is 0 Å². The molecule has 0 saturated carbocycles. The number of aromatic nitrogens is 1. The number of fused-ring (bicyclic) bond motifs is 1. The largest absolute Gasteiger partial charge is 0.356 e. The lowest BCUT2D eigenvalue weighted by atomic mass is 10.0. The van der Waals surface area contributed by atoms with Gasteiger partial charge in [0.05, 0.1) is 6.54 Å². The van der Waals surface area contributed by atoms with E-state index in [1.807, 2.05) is 12.1 Å². The van der Waals surface area contributed by atoms with Gasteiger partial charge in [0, 0.05) is 28.8 Å². The second kappa shape index (κ2) is 7.37. The number of hydrogen-bond donors (Lipinski definition) is 0. The van der Waals surface area contributed by atoms with Crippen LogP contribution < -0.4 is 0 Å².